The average Bonchev–Trinajstić information content (AvgIpc) is 3.84. The second-order valence-corrected chi connectivity index (χ2v) is 18.0. The molecule has 6 heterocycles. The number of fused-ring (bicyclic) bond motifs is 6. The highest BCUT2D eigenvalue weighted by atomic mass is 16.5. The number of aliphatic hydroxyl groups is 2. The molecule has 5 unspecified atom stereocenters. The van der Waals surface area contributed by atoms with E-state index < -0.39 is 33.5 Å². The highest BCUT2D eigenvalue weighted by Crippen LogP contribution is 2.69. The van der Waals surface area contributed by atoms with Gasteiger partial charge in [-0.3, -0.25) is 19.4 Å². The van der Waals surface area contributed by atoms with E-state index in [4.69, 9.17) is 9.47 Å². The minimum atomic E-state index is -1.63. The van der Waals surface area contributed by atoms with Crippen molar-refractivity contribution in [1.29, 1.82) is 0 Å². The molecule has 6 aliphatic rings. The highest BCUT2D eigenvalue weighted by molar-refractivity contribution is 5.95. The number of nitrogens with one attached hydrogen (secondary N) is 1. The predicted molar refractivity (Wildman–Crippen MR) is 213 cm³/mol. The van der Waals surface area contributed by atoms with Crippen molar-refractivity contribution >= 4 is 28.3 Å². The molecule has 3 N–H and O–H groups in total. The van der Waals surface area contributed by atoms with Gasteiger partial charge in [-0.25, -0.2) is 0 Å². The number of aromatic nitrogens is 1. The number of anilines is 1. The van der Waals surface area contributed by atoms with Crippen LogP contribution in [0.1, 0.15) is 82.2 Å². The summed E-state index contributed by atoms with van der Waals surface area (Å²) in [6.45, 7) is 11.7. The summed E-state index contributed by atoms with van der Waals surface area (Å²) in [5, 5.41) is 26.1. The van der Waals surface area contributed by atoms with Crippen molar-refractivity contribution in [3.63, 3.8) is 0 Å². The van der Waals surface area contributed by atoms with Crippen molar-refractivity contribution in [3.8, 4) is 5.75 Å². The van der Waals surface area contributed by atoms with Gasteiger partial charge in [0, 0.05) is 89.9 Å². The molecule has 1 spiro atoms. The SMILES string of the molecule is CC[C@]1(O)CC2CN(CCc3c([nH]c4ccccc34)[C@@](C(=O)OC)(c3cc4c(cc3OC)N(C)C3C45CCN4CC=C[C@](CC)(C45)[C@@H](C)[C@]3(O)C(C)=O)C2)C1. The summed E-state index contributed by atoms with van der Waals surface area (Å²) in [6, 6.07) is 12.1. The predicted octanol–water partition coefficient (Wildman–Crippen LogP) is 5.11. The number of piperidine rings is 1. The van der Waals surface area contributed by atoms with Gasteiger partial charge in [-0.05, 0) is 81.2 Å². The zero-order valence-electron chi connectivity index (χ0n) is 33.6. The second kappa shape index (κ2) is 12.4. The zero-order valence-corrected chi connectivity index (χ0v) is 33.6. The summed E-state index contributed by atoms with van der Waals surface area (Å²) >= 11 is 0. The molecule has 3 aromatic rings. The van der Waals surface area contributed by atoms with Crippen LogP contribution in [0.3, 0.4) is 0 Å². The van der Waals surface area contributed by atoms with Crippen LogP contribution in [0.2, 0.25) is 0 Å². The van der Waals surface area contributed by atoms with Gasteiger partial charge in [-0.2, -0.15) is 0 Å². The first-order valence-electron chi connectivity index (χ1n) is 20.5. The molecule has 3 fully saturated rings. The third-order valence-corrected chi connectivity index (χ3v) is 15.9. The van der Waals surface area contributed by atoms with Crippen LogP contribution in [0.25, 0.3) is 10.9 Å². The lowest BCUT2D eigenvalue weighted by Crippen LogP contribution is -2.77. The van der Waals surface area contributed by atoms with E-state index in [9.17, 15) is 15.0 Å². The number of Topliss-reactive ketones (excluding diaryl/α,β-unsaturated/α-hetero) is 1. The molecule has 55 heavy (non-hydrogen) atoms. The molecular formula is C45H58N4O6. The van der Waals surface area contributed by atoms with E-state index in [-0.39, 0.29) is 29.6 Å². The number of nitrogens with zero attached hydrogens (tertiary/aromatic N) is 3. The van der Waals surface area contributed by atoms with Crippen LogP contribution in [0.15, 0.2) is 48.6 Å². The number of carbonyl (C=O) groups excluding carboxylic acids is 2. The Kier molecular flexibility index (Phi) is 8.32. The molecule has 2 saturated heterocycles. The molecule has 2 aromatic carbocycles. The van der Waals surface area contributed by atoms with E-state index in [0.717, 1.165) is 78.0 Å². The average molecular weight is 751 g/mol. The van der Waals surface area contributed by atoms with Crippen molar-refractivity contribution in [3.05, 3.63) is 70.9 Å². The van der Waals surface area contributed by atoms with E-state index in [1.54, 1.807) is 14.0 Å². The molecular weight excluding hydrogens is 693 g/mol. The Morgan fingerprint density at radius 1 is 1.02 bits per heavy atom. The number of likely N-dealkylation sites (N-methyl/N-ethyl adjacent to an activating group) is 1. The standard InChI is InChI=1S/C45H58N4O6/c1-8-41(52)23-29-24-44(40(51)55-7,37-31(15-19-48(25-29)26-41)30-13-10-11-14-34(30)46-37)33-21-32-35(22-36(33)54-6)47(5)39-43(32)17-20-49-18-12-16-42(9-2,38(43)49)27(3)45(39,53)28(4)50/h10-14,16,21-22,27,29,38-39,46,52-53H,8-9,15,17-20,23-26H2,1-7H3/t27-,29?,38?,39?,41+,42+,43?,44+,45+/m1/s1. The lowest BCUT2D eigenvalue weighted by atomic mass is 9.44. The quantitative estimate of drug-likeness (QED) is 0.234. The largest absolute Gasteiger partial charge is 0.496 e. The molecule has 294 valence electrons. The van der Waals surface area contributed by atoms with Gasteiger partial charge < -0.3 is 29.6 Å². The summed E-state index contributed by atoms with van der Waals surface area (Å²) in [5.74, 6) is -0.384. The number of carbonyl (C=O) groups is 2. The normalized spacial score (nSPS) is 39.0. The van der Waals surface area contributed by atoms with Crippen LogP contribution >= 0.6 is 0 Å². The Balaban J connectivity index is 1.36. The monoisotopic (exact) mass is 750 g/mol. The summed E-state index contributed by atoms with van der Waals surface area (Å²) in [6.07, 6.45) is 8.39. The van der Waals surface area contributed by atoms with Crippen LogP contribution in [-0.2, 0) is 31.6 Å². The summed E-state index contributed by atoms with van der Waals surface area (Å²) in [7, 11) is 5.16. The van der Waals surface area contributed by atoms with Gasteiger partial charge in [0.25, 0.3) is 0 Å². The third kappa shape index (κ3) is 4.57. The maximum atomic E-state index is 15.2. The first-order valence-corrected chi connectivity index (χ1v) is 20.5. The zero-order chi connectivity index (χ0) is 38.9. The number of ether oxygens (including phenoxy) is 2. The fourth-order valence-electron chi connectivity index (χ4n) is 13.6. The van der Waals surface area contributed by atoms with Crippen LogP contribution in [0, 0.1) is 17.3 Å². The molecule has 5 aliphatic heterocycles. The van der Waals surface area contributed by atoms with E-state index in [1.165, 1.54) is 7.11 Å². The topological polar surface area (TPSA) is 119 Å². The summed E-state index contributed by atoms with van der Waals surface area (Å²) in [5.41, 5.74) is 0.665. The number of aromatic amines is 1. The van der Waals surface area contributed by atoms with Gasteiger partial charge in [-0.15, -0.1) is 0 Å². The number of ketones is 1. The lowest BCUT2D eigenvalue weighted by Gasteiger charge is -2.64. The van der Waals surface area contributed by atoms with Gasteiger partial charge in [0.05, 0.1) is 25.9 Å². The van der Waals surface area contributed by atoms with Gasteiger partial charge in [0.1, 0.15) is 16.8 Å². The van der Waals surface area contributed by atoms with Crippen molar-refractivity contribution in [1.82, 2.24) is 14.8 Å². The molecule has 1 aliphatic carbocycles. The van der Waals surface area contributed by atoms with E-state index in [0.29, 0.717) is 38.0 Å². The smallest absolute Gasteiger partial charge is 0.322 e. The Morgan fingerprint density at radius 3 is 2.51 bits per heavy atom. The van der Waals surface area contributed by atoms with E-state index in [2.05, 4.69) is 76.9 Å². The minimum absolute atomic E-state index is 0.0294. The third-order valence-electron chi connectivity index (χ3n) is 15.9. The summed E-state index contributed by atoms with van der Waals surface area (Å²) in [4.78, 5) is 40.2. The van der Waals surface area contributed by atoms with Crippen molar-refractivity contribution in [2.45, 2.75) is 100 Å². The van der Waals surface area contributed by atoms with Crippen LogP contribution in [0.4, 0.5) is 5.69 Å². The number of hydrogen-bond donors (Lipinski definition) is 3. The van der Waals surface area contributed by atoms with Gasteiger partial charge in [0.15, 0.2) is 5.78 Å². The Bertz CT molecular complexity index is 2110. The van der Waals surface area contributed by atoms with Crippen LogP contribution in [0.5, 0.6) is 5.75 Å². The molecule has 0 amide bonds. The second-order valence-electron chi connectivity index (χ2n) is 18.0. The minimum Gasteiger partial charge on any atom is -0.496 e. The highest BCUT2D eigenvalue weighted by Gasteiger charge is 2.77. The van der Waals surface area contributed by atoms with Crippen LogP contribution in [-0.4, -0.2) is 114 Å². The Labute approximate surface area is 324 Å². The van der Waals surface area contributed by atoms with Crippen molar-refractivity contribution < 1.29 is 29.3 Å². The molecule has 2 bridgehead atoms. The lowest BCUT2D eigenvalue weighted by molar-refractivity contribution is -0.174. The first kappa shape index (κ1) is 36.9. The Hall–Kier alpha value is -3.70. The first-order chi connectivity index (χ1) is 26.3. The van der Waals surface area contributed by atoms with E-state index in [1.807, 2.05) is 19.2 Å². The number of H-pyrrole nitrogens is 1. The fraction of sp³-hybridized carbons (Fsp3) is 0.600. The van der Waals surface area contributed by atoms with Gasteiger partial charge in [0.2, 0.25) is 0 Å². The van der Waals surface area contributed by atoms with Crippen molar-refractivity contribution in [2.24, 2.45) is 17.3 Å². The molecule has 9 rings (SSSR count). The van der Waals surface area contributed by atoms with Gasteiger partial charge >= 0.3 is 5.97 Å². The van der Waals surface area contributed by atoms with Crippen molar-refractivity contribution in [2.75, 3.05) is 58.9 Å². The number of esters is 1. The molecule has 10 atom stereocenters. The molecule has 1 saturated carbocycles. The van der Waals surface area contributed by atoms with E-state index >= 15 is 4.79 Å². The number of hydrogen-bond acceptors (Lipinski definition) is 9. The molecule has 0 radical (unpaired) electrons. The Morgan fingerprint density at radius 2 is 1.80 bits per heavy atom. The fourth-order valence-corrected chi connectivity index (χ4v) is 13.6. The maximum Gasteiger partial charge on any atom is 0.322 e. The maximum absolute atomic E-state index is 15.2. The number of benzene rings is 2. The molecule has 10 heteroatoms. The molecule has 1 aromatic heterocycles. The molecule has 10 nitrogen and oxygen atoms in total. The number of rotatable bonds is 6. The number of methoxy groups -OCH3 is 2. The van der Waals surface area contributed by atoms with Gasteiger partial charge in [-0.1, -0.05) is 51.1 Å². The summed E-state index contributed by atoms with van der Waals surface area (Å²) < 4.78 is 12.3. The number of para-hydroxylation sites is 1. The van der Waals surface area contributed by atoms with Crippen LogP contribution < -0.4 is 9.64 Å².